The first-order valence-corrected chi connectivity index (χ1v) is 7.39. The van der Waals surface area contributed by atoms with Crippen LogP contribution in [0.2, 0.25) is 0 Å². The molecule has 4 heterocycles. The van der Waals surface area contributed by atoms with Gasteiger partial charge < -0.3 is 14.8 Å². The van der Waals surface area contributed by atoms with E-state index in [-0.39, 0.29) is 0 Å². The quantitative estimate of drug-likeness (QED) is 0.770. The summed E-state index contributed by atoms with van der Waals surface area (Å²) in [4.78, 5) is 16.4. The summed E-state index contributed by atoms with van der Waals surface area (Å²) in [5, 5.41) is 9.48. The summed E-state index contributed by atoms with van der Waals surface area (Å²) in [6, 6.07) is 6.07. The third-order valence-electron chi connectivity index (χ3n) is 4.02. The molecule has 1 aliphatic rings. The maximum absolute atomic E-state index is 4.46. The molecule has 0 unspecified atom stereocenters. The second-order valence-corrected chi connectivity index (χ2v) is 5.44. The van der Waals surface area contributed by atoms with Crippen LogP contribution in [0.5, 0.6) is 0 Å². The van der Waals surface area contributed by atoms with Gasteiger partial charge in [0.2, 0.25) is 0 Å². The van der Waals surface area contributed by atoms with E-state index in [1.165, 1.54) is 0 Å². The van der Waals surface area contributed by atoms with E-state index in [2.05, 4.69) is 34.9 Å². The molecule has 7 nitrogen and oxygen atoms in total. The van der Waals surface area contributed by atoms with Crippen molar-refractivity contribution < 1.29 is 0 Å². The molecule has 0 aromatic carbocycles. The fraction of sp³-hybridized carbons (Fsp3) is 0.333. The minimum Gasteiger partial charge on any atom is -0.352 e. The zero-order chi connectivity index (χ0) is 14.9. The van der Waals surface area contributed by atoms with E-state index < -0.39 is 0 Å². The van der Waals surface area contributed by atoms with Gasteiger partial charge in [0, 0.05) is 32.4 Å². The predicted octanol–water partition coefficient (Wildman–Crippen LogP) is 1.38. The molecule has 1 saturated heterocycles. The van der Waals surface area contributed by atoms with Gasteiger partial charge in [0.1, 0.15) is 17.8 Å². The second kappa shape index (κ2) is 5.25. The summed E-state index contributed by atoms with van der Waals surface area (Å²) in [7, 11) is 0. The largest absolute Gasteiger partial charge is 0.352 e. The fourth-order valence-corrected chi connectivity index (χ4v) is 2.82. The maximum atomic E-state index is 4.46. The molecule has 0 aliphatic carbocycles. The van der Waals surface area contributed by atoms with Gasteiger partial charge >= 0.3 is 0 Å². The Kier molecular flexibility index (Phi) is 3.10. The lowest BCUT2D eigenvalue weighted by Gasteiger charge is -2.35. The summed E-state index contributed by atoms with van der Waals surface area (Å²) in [6.45, 7) is 5.59. The Hall–Kier alpha value is -2.70. The first-order chi connectivity index (χ1) is 10.8. The van der Waals surface area contributed by atoms with E-state index in [4.69, 9.17) is 0 Å². The standard InChI is InChI=1S/C15H17N7/c1-11-2-3-13(20-19-11)21-6-8-22(9-7-21)15-12-4-5-16-14(12)17-10-18-15/h2-5,10H,6-9H2,1H3,(H,16,17,18). The van der Waals surface area contributed by atoms with Gasteiger partial charge in [-0.25, -0.2) is 9.97 Å². The van der Waals surface area contributed by atoms with Gasteiger partial charge in [0.25, 0.3) is 0 Å². The molecule has 3 aromatic rings. The smallest absolute Gasteiger partial charge is 0.151 e. The number of hydrogen-bond donors (Lipinski definition) is 1. The first kappa shape index (κ1) is 13.0. The molecule has 0 spiro atoms. The van der Waals surface area contributed by atoms with Crippen LogP contribution < -0.4 is 9.80 Å². The lowest BCUT2D eigenvalue weighted by atomic mass is 10.2. The van der Waals surface area contributed by atoms with Crippen molar-refractivity contribution in [1.82, 2.24) is 25.1 Å². The zero-order valence-corrected chi connectivity index (χ0v) is 12.4. The normalized spacial score (nSPS) is 15.5. The second-order valence-electron chi connectivity index (χ2n) is 5.44. The highest BCUT2D eigenvalue weighted by Crippen LogP contribution is 2.23. The molecule has 1 fully saturated rings. The van der Waals surface area contributed by atoms with E-state index in [0.717, 1.165) is 54.5 Å². The Morgan fingerprint density at radius 3 is 2.55 bits per heavy atom. The molecule has 1 aliphatic heterocycles. The van der Waals surface area contributed by atoms with Crippen LogP contribution in [-0.2, 0) is 0 Å². The summed E-state index contributed by atoms with van der Waals surface area (Å²) in [5.41, 5.74) is 1.83. The Bertz CT molecular complexity index is 772. The zero-order valence-electron chi connectivity index (χ0n) is 12.4. The third-order valence-corrected chi connectivity index (χ3v) is 4.02. The van der Waals surface area contributed by atoms with Crippen LogP contribution in [0.3, 0.4) is 0 Å². The van der Waals surface area contributed by atoms with Gasteiger partial charge in [-0.3, -0.25) is 0 Å². The van der Waals surface area contributed by atoms with Crippen molar-refractivity contribution in [3.63, 3.8) is 0 Å². The van der Waals surface area contributed by atoms with Crippen molar-refractivity contribution in [3.8, 4) is 0 Å². The molecule has 0 saturated carbocycles. The van der Waals surface area contributed by atoms with E-state index in [0.29, 0.717) is 0 Å². The molecule has 22 heavy (non-hydrogen) atoms. The summed E-state index contributed by atoms with van der Waals surface area (Å²) < 4.78 is 0. The highest BCUT2D eigenvalue weighted by atomic mass is 15.3. The van der Waals surface area contributed by atoms with Crippen molar-refractivity contribution in [2.24, 2.45) is 0 Å². The molecule has 0 amide bonds. The van der Waals surface area contributed by atoms with Gasteiger partial charge in [-0.05, 0) is 25.1 Å². The van der Waals surface area contributed by atoms with Gasteiger partial charge in [-0.1, -0.05) is 0 Å². The predicted molar refractivity (Wildman–Crippen MR) is 85.1 cm³/mol. The Balaban J connectivity index is 1.52. The average molecular weight is 295 g/mol. The molecule has 0 radical (unpaired) electrons. The van der Waals surface area contributed by atoms with Crippen LogP contribution in [0.1, 0.15) is 5.69 Å². The number of nitrogens with zero attached hydrogens (tertiary/aromatic N) is 6. The van der Waals surface area contributed by atoms with E-state index in [9.17, 15) is 0 Å². The van der Waals surface area contributed by atoms with Crippen LogP contribution in [0, 0.1) is 6.92 Å². The van der Waals surface area contributed by atoms with Crippen LogP contribution in [-0.4, -0.2) is 51.3 Å². The minimum atomic E-state index is 0.886. The number of anilines is 2. The molecular formula is C15H17N7. The van der Waals surface area contributed by atoms with Crippen molar-refractivity contribution >= 4 is 22.7 Å². The molecule has 4 rings (SSSR count). The van der Waals surface area contributed by atoms with Gasteiger partial charge in [-0.15, -0.1) is 5.10 Å². The average Bonchev–Trinajstić information content (AvgIpc) is 3.04. The number of aromatic amines is 1. The van der Waals surface area contributed by atoms with Gasteiger partial charge in [0.05, 0.1) is 11.1 Å². The Labute approximate surface area is 128 Å². The van der Waals surface area contributed by atoms with Crippen LogP contribution in [0.4, 0.5) is 11.6 Å². The number of aromatic nitrogens is 5. The van der Waals surface area contributed by atoms with Crippen LogP contribution in [0.15, 0.2) is 30.7 Å². The van der Waals surface area contributed by atoms with Crippen LogP contribution >= 0.6 is 0 Å². The topological polar surface area (TPSA) is 73.8 Å². The molecule has 112 valence electrons. The Morgan fingerprint density at radius 2 is 1.77 bits per heavy atom. The van der Waals surface area contributed by atoms with Crippen molar-refractivity contribution in [2.45, 2.75) is 6.92 Å². The maximum Gasteiger partial charge on any atom is 0.151 e. The molecule has 0 bridgehead atoms. The summed E-state index contributed by atoms with van der Waals surface area (Å²) in [5.74, 6) is 1.95. The minimum absolute atomic E-state index is 0.886. The van der Waals surface area contributed by atoms with E-state index in [1.54, 1.807) is 6.33 Å². The van der Waals surface area contributed by atoms with E-state index >= 15 is 0 Å². The number of fused-ring (bicyclic) bond motifs is 1. The summed E-state index contributed by atoms with van der Waals surface area (Å²) >= 11 is 0. The number of piperazine rings is 1. The molecule has 1 N–H and O–H groups in total. The first-order valence-electron chi connectivity index (χ1n) is 7.39. The molecule has 3 aromatic heterocycles. The SMILES string of the molecule is Cc1ccc(N2CCN(c3ncnc4[nH]ccc34)CC2)nn1. The third kappa shape index (κ3) is 2.24. The van der Waals surface area contributed by atoms with Crippen molar-refractivity contribution in [1.29, 1.82) is 0 Å². The molecular weight excluding hydrogens is 278 g/mol. The number of rotatable bonds is 2. The fourth-order valence-electron chi connectivity index (χ4n) is 2.82. The molecule has 7 heteroatoms. The highest BCUT2D eigenvalue weighted by molar-refractivity contribution is 5.87. The number of hydrogen-bond acceptors (Lipinski definition) is 6. The van der Waals surface area contributed by atoms with Crippen molar-refractivity contribution in [3.05, 3.63) is 36.4 Å². The number of aryl methyl sites for hydroxylation is 1. The van der Waals surface area contributed by atoms with E-state index in [1.807, 2.05) is 31.3 Å². The number of H-pyrrole nitrogens is 1. The Morgan fingerprint density at radius 1 is 0.955 bits per heavy atom. The lowest BCUT2D eigenvalue weighted by Crippen LogP contribution is -2.47. The lowest BCUT2D eigenvalue weighted by molar-refractivity contribution is 0.639. The monoisotopic (exact) mass is 295 g/mol. The number of nitrogens with one attached hydrogen (secondary N) is 1. The van der Waals surface area contributed by atoms with Gasteiger partial charge in [-0.2, -0.15) is 5.10 Å². The van der Waals surface area contributed by atoms with Crippen molar-refractivity contribution in [2.75, 3.05) is 36.0 Å². The highest BCUT2D eigenvalue weighted by Gasteiger charge is 2.21. The van der Waals surface area contributed by atoms with Crippen LogP contribution in [0.25, 0.3) is 11.0 Å². The van der Waals surface area contributed by atoms with Gasteiger partial charge in [0.15, 0.2) is 5.82 Å². The molecule has 0 atom stereocenters. The summed E-state index contributed by atoms with van der Waals surface area (Å²) in [6.07, 6.45) is 3.52.